The molecule has 15 heavy (non-hydrogen) atoms. The summed E-state index contributed by atoms with van der Waals surface area (Å²) in [6.07, 6.45) is 5.48. The molecule has 0 N–H and O–H groups in total. The summed E-state index contributed by atoms with van der Waals surface area (Å²) in [5.41, 5.74) is 0. The van der Waals surface area contributed by atoms with Crippen LogP contribution in [0.4, 0.5) is 0 Å². The van der Waals surface area contributed by atoms with E-state index in [4.69, 9.17) is 10.00 Å². The van der Waals surface area contributed by atoms with E-state index >= 15 is 0 Å². The van der Waals surface area contributed by atoms with E-state index < -0.39 is 0 Å². The number of rotatable bonds is 2. The zero-order valence-corrected chi connectivity index (χ0v) is 9.48. The molecule has 2 rings (SSSR count). The molecule has 0 bridgehead atoms. The topological polar surface area (TPSA) is 36.3 Å². The smallest absolute Gasteiger partial charge is 0.0706 e. The second kappa shape index (κ2) is 4.96. The molecule has 0 aliphatic carbocycles. The third kappa shape index (κ3) is 2.93. The SMILES string of the molecule is CC1CCC(CN2CCCC(C#N)C2)O1. The molecule has 3 heteroatoms. The van der Waals surface area contributed by atoms with Crippen LogP contribution in [0.2, 0.25) is 0 Å². The van der Waals surface area contributed by atoms with Crippen LogP contribution in [0, 0.1) is 17.2 Å². The number of nitrogens with zero attached hydrogens (tertiary/aromatic N) is 2. The summed E-state index contributed by atoms with van der Waals surface area (Å²) in [7, 11) is 0. The van der Waals surface area contributed by atoms with Gasteiger partial charge in [0.25, 0.3) is 0 Å². The average Bonchev–Trinajstić information content (AvgIpc) is 2.64. The maximum Gasteiger partial charge on any atom is 0.0706 e. The van der Waals surface area contributed by atoms with Gasteiger partial charge in [0.1, 0.15) is 0 Å². The minimum Gasteiger partial charge on any atom is -0.374 e. The second-order valence-electron chi connectivity index (χ2n) is 4.87. The van der Waals surface area contributed by atoms with Crippen molar-refractivity contribution < 1.29 is 4.74 Å². The van der Waals surface area contributed by atoms with Crippen LogP contribution in [0.1, 0.15) is 32.6 Å². The molecule has 84 valence electrons. The Morgan fingerprint density at radius 3 is 2.93 bits per heavy atom. The molecular formula is C12H20N2O. The summed E-state index contributed by atoms with van der Waals surface area (Å²) >= 11 is 0. The van der Waals surface area contributed by atoms with Crippen molar-refractivity contribution in [1.82, 2.24) is 4.90 Å². The van der Waals surface area contributed by atoms with Crippen LogP contribution >= 0.6 is 0 Å². The van der Waals surface area contributed by atoms with E-state index in [1.807, 2.05) is 0 Å². The van der Waals surface area contributed by atoms with Crippen molar-refractivity contribution in [2.75, 3.05) is 19.6 Å². The highest BCUT2D eigenvalue weighted by Crippen LogP contribution is 2.22. The lowest BCUT2D eigenvalue weighted by atomic mass is 9.99. The monoisotopic (exact) mass is 208 g/mol. The molecular weight excluding hydrogens is 188 g/mol. The van der Waals surface area contributed by atoms with Crippen molar-refractivity contribution in [3.05, 3.63) is 0 Å². The number of piperidine rings is 1. The highest BCUT2D eigenvalue weighted by molar-refractivity contribution is 4.89. The van der Waals surface area contributed by atoms with E-state index in [0.29, 0.717) is 12.2 Å². The fraction of sp³-hybridized carbons (Fsp3) is 0.917. The predicted octanol–water partition coefficient (Wildman–Crippen LogP) is 1.79. The summed E-state index contributed by atoms with van der Waals surface area (Å²) in [6, 6.07) is 2.39. The van der Waals surface area contributed by atoms with E-state index in [1.54, 1.807) is 0 Å². The molecule has 2 aliphatic heterocycles. The Bertz CT molecular complexity index is 248. The third-order valence-electron chi connectivity index (χ3n) is 3.47. The molecule has 0 amide bonds. The van der Waals surface area contributed by atoms with Gasteiger partial charge in [0.15, 0.2) is 0 Å². The summed E-state index contributed by atoms with van der Waals surface area (Å²) in [4.78, 5) is 2.40. The number of hydrogen-bond donors (Lipinski definition) is 0. The first-order valence-electron chi connectivity index (χ1n) is 6.05. The lowest BCUT2D eigenvalue weighted by Gasteiger charge is -2.31. The van der Waals surface area contributed by atoms with Crippen LogP contribution in [0.5, 0.6) is 0 Å². The molecule has 2 fully saturated rings. The molecule has 3 atom stereocenters. The summed E-state index contributed by atoms with van der Waals surface area (Å²) < 4.78 is 5.81. The lowest BCUT2D eigenvalue weighted by Crippen LogP contribution is -2.39. The largest absolute Gasteiger partial charge is 0.374 e. The van der Waals surface area contributed by atoms with Crippen LogP contribution in [-0.2, 0) is 4.74 Å². The number of likely N-dealkylation sites (tertiary alicyclic amines) is 1. The van der Waals surface area contributed by atoms with Crippen molar-refractivity contribution in [2.24, 2.45) is 5.92 Å². The van der Waals surface area contributed by atoms with Crippen LogP contribution in [0.15, 0.2) is 0 Å². The van der Waals surface area contributed by atoms with Crippen molar-refractivity contribution >= 4 is 0 Å². The number of hydrogen-bond acceptors (Lipinski definition) is 3. The van der Waals surface area contributed by atoms with Crippen molar-refractivity contribution in [2.45, 2.75) is 44.8 Å². The van der Waals surface area contributed by atoms with Gasteiger partial charge in [-0.25, -0.2) is 0 Å². The van der Waals surface area contributed by atoms with E-state index in [9.17, 15) is 0 Å². The highest BCUT2D eigenvalue weighted by Gasteiger charge is 2.26. The zero-order chi connectivity index (χ0) is 10.7. The van der Waals surface area contributed by atoms with Gasteiger partial charge in [-0.05, 0) is 39.2 Å². The molecule has 2 heterocycles. The molecule has 0 radical (unpaired) electrons. The first-order valence-corrected chi connectivity index (χ1v) is 6.05. The van der Waals surface area contributed by atoms with Gasteiger partial charge in [-0.3, -0.25) is 4.90 Å². The van der Waals surface area contributed by atoms with Gasteiger partial charge in [-0.15, -0.1) is 0 Å². The molecule has 0 spiro atoms. The average molecular weight is 208 g/mol. The molecule has 0 saturated carbocycles. The molecule has 0 aromatic carbocycles. The van der Waals surface area contributed by atoms with E-state index in [0.717, 1.165) is 26.1 Å². The van der Waals surface area contributed by atoms with Gasteiger partial charge in [-0.2, -0.15) is 5.26 Å². The Morgan fingerprint density at radius 2 is 2.27 bits per heavy atom. The highest BCUT2D eigenvalue weighted by atomic mass is 16.5. The summed E-state index contributed by atoms with van der Waals surface area (Å²) in [5.74, 6) is 0.248. The third-order valence-corrected chi connectivity index (χ3v) is 3.47. The van der Waals surface area contributed by atoms with Gasteiger partial charge in [0.05, 0.1) is 24.2 Å². The fourth-order valence-corrected chi connectivity index (χ4v) is 2.63. The first kappa shape index (κ1) is 10.9. The zero-order valence-electron chi connectivity index (χ0n) is 9.48. The van der Waals surface area contributed by atoms with E-state index in [1.165, 1.54) is 19.3 Å². The molecule has 0 aromatic rings. The van der Waals surface area contributed by atoms with Gasteiger partial charge < -0.3 is 4.74 Å². The second-order valence-corrected chi connectivity index (χ2v) is 4.87. The Labute approximate surface area is 92.0 Å². The van der Waals surface area contributed by atoms with E-state index in [-0.39, 0.29) is 5.92 Å². The Morgan fingerprint density at radius 1 is 1.40 bits per heavy atom. The van der Waals surface area contributed by atoms with Gasteiger partial charge in [0.2, 0.25) is 0 Å². The Balaban J connectivity index is 1.77. The van der Waals surface area contributed by atoms with E-state index in [2.05, 4.69) is 17.9 Å². The summed E-state index contributed by atoms with van der Waals surface area (Å²) in [6.45, 7) is 5.27. The van der Waals surface area contributed by atoms with Crippen LogP contribution in [0.3, 0.4) is 0 Å². The molecule has 2 saturated heterocycles. The molecule has 2 aliphatic rings. The first-order chi connectivity index (χ1) is 7.28. The van der Waals surface area contributed by atoms with Gasteiger partial charge >= 0.3 is 0 Å². The summed E-state index contributed by atoms with van der Waals surface area (Å²) in [5, 5.41) is 8.90. The van der Waals surface area contributed by atoms with Crippen LogP contribution < -0.4 is 0 Å². The van der Waals surface area contributed by atoms with Crippen molar-refractivity contribution in [1.29, 1.82) is 5.26 Å². The minimum absolute atomic E-state index is 0.248. The molecule has 3 unspecified atom stereocenters. The molecule has 3 nitrogen and oxygen atoms in total. The maximum atomic E-state index is 8.90. The normalized spacial score (nSPS) is 37.7. The van der Waals surface area contributed by atoms with Crippen molar-refractivity contribution in [3.63, 3.8) is 0 Å². The van der Waals surface area contributed by atoms with Gasteiger partial charge in [0, 0.05) is 13.1 Å². The fourth-order valence-electron chi connectivity index (χ4n) is 2.63. The minimum atomic E-state index is 0.248. The van der Waals surface area contributed by atoms with Gasteiger partial charge in [-0.1, -0.05) is 0 Å². The quantitative estimate of drug-likeness (QED) is 0.694. The molecule has 0 aromatic heterocycles. The lowest BCUT2D eigenvalue weighted by molar-refractivity contribution is 0.0247. The Kier molecular flexibility index (Phi) is 3.61. The van der Waals surface area contributed by atoms with Crippen LogP contribution in [0.25, 0.3) is 0 Å². The predicted molar refractivity (Wildman–Crippen MR) is 58.3 cm³/mol. The van der Waals surface area contributed by atoms with Crippen molar-refractivity contribution in [3.8, 4) is 6.07 Å². The van der Waals surface area contributed by atoms with Crippen LogP contribution in [-0.4, -0.2) is 36.7 Å². The number of ether oxygens (including phenoxy) is 1. The standard InChI is InChI=1S/C12H20N2O/c1-10-4-5-12(15-10)9-14-6-2-3-11(7-13)8-14/h10-12H,2-6,8-9H2,1H3. The Hall–Kier alpha value is -0.590. The number of nitriles is 1. The maximum absolute atomic E-state index is 8.90.